The highest BCUT2D eigenvalue weighted by Gasteiger charge is 2.21. The van der Waals surface area contributed by atoms with Crippen molar-refractivity contribution in [1.29, 1.82) is 0 Å². The van der Waals surface area contributed by atoms with Crippen LogP contribution in [0.1, 0.15) is 34.1 Å². The van der Waals surface area contributed by atoms with Crippen LogP contribution in [0, 0.1) is 20.8 Å². The molecule has 3 aromatic heterocycles. The second-order valence-electron chi connectivity index (χ2n) is 6.75. The van der Waals surface area contributed by atoms with Gasteiger partial charge in [0, 0.05) is 12.4 Å². The number of hydrogen-bond donors (Lipinski definition) is 0. The molecular weight excluding hydrogens is 356 g/mol. The molecule has 0 aliphatic carbocycles. The maximum atomic E-state index is 13.2. The van der Waals surface area contributed by atoms with Crippen molar-refractivity contribution in [2.24, 2.45) is 0 Å². The van der Waals surface area contributed by atoms with Gasteiger partial charge in [0.1, 0.15) is 5.56 Å². The van der Waals surface area contributed by atoms with Gasteiger partial charge in [-0.15, -0.1) is 0 Å². The average Bonchev–Trinajstić information content (AvgIpc) is 3.01. The summed E-state index contributed by atoms with van der Waals surface area (Å²) in [5.74, 6) is -0.467. The van der Waals surface area contributed by atoms with Crippen molar-refractivity contribution in [3.8, 4) is 5.69 Å². The number of carbonyl (C=O) groups is 1. The van der Waals surface area contributed by atoms with E-state index in [1.54, 1.807) is 24.6 Å². The monoisotopic (exact) mass is 376 g/mol. The summed E-state index contributed by atoms with van der Waals surface area (Å²) in [6.07, 6.45) is 3.23. The highest BCUT2D eigenvalue weighted by Crippen LogP contribution is 2.20. The molecule has 1 aromatic carbocycles. The molecule has 0 aliphatic rings. The fourth-order valence-corrected chi connectivity index (χ4v) is 3.39. The van der Waals surface area contributed by atoms with Crippen molar-refractivity contribution in [3.05, 3.63) is 69.4 Å². The number of hydrogen-bond acceptors (Lipinski definition) is 5. The molecule has 0 aliphatic heterocycles. The summed E-state index contributed by atoms with van der Waals surface area (Å²) >= 11 is 0. The van der Waals surface area contributed by atoms with Gasteiger partial charge >= 0.3 is 5.97 Å². The number of carbonyl (C=O) groups excluding carboxylic acids is 1. The number of aromatic nitrogens is 4. The van der Waals surface area contributed by atoms with E-state index in [0.717, 1.165) is 16.8 Å². The first kappa shape index (κ1) is 17.9. The van der Waals surface area contributed by atoms with Gasteiger partial charge in [-0.2, -0.15) is 5.10 Å². The predicted octanol–water partition coefficient (Wildman–Crippen LogP) is 3.14. The maximum absolute atomic E-state index is 13.2. The molecule has 0 amide bonds. The summed E-state index contributed by atoms with van der Waals surface area (Å²) in [5.41, 5.74) is 4.52. The highest BCUT2D eigenvalue weighted by molar-refractivity contribution is 5.98. The van der Waals surface area contributed by atoms with E-state index < -0.39 is 5.97 Å². The first-order valence-electron chi connectivity index (χ1n) is 9.06. The summed E-state index contributed by atoms with van der Waals surface area (Å²) in [6, 6.07) is 7.80. The molecule has 0 saturated carbocycles. The number of benzene rings is 1. The van der Waals surface area contributed by atoms with E-state index in [-0.39, 0.29) is 12.2 Å². The Labute approximate surface area is 161 Å². The minimum atomic E-state index is -0.467. The van der Waals surface area contributed by atoms with Crippen LogP contribution >= 0.6 is 0 Å². The highest BCUT2D eigenvalue weighted by atomic mass is 16.5. The Balaban J connectivity index is 1.98. The Kier molecular flexibility index (Phi) is 4.22. The molecule has 0 radical (unpaired) electrons. The standard InChI is InChI=1S/C21H20N4O3/c1-5-28-21(27)18-14(4)23-25-16-8-9-24(17-10-12(2)6-7-13(17)3)20(26)15(16)11-22-19(18)25/h6-11H,5H2,1-4H3. The molecule has 142 valence electrons. The van der Waals surface area contributed by atoms with E-state index in [9.17, 15) is 9.59 Å². The quantitative estimate of drug-likeness (QED) is 0.513. The number of ether oxygens (including phenoxy) is 1. The zero-order valence-electron chi connectivity index (χ0n) is 16.2. The first-order chi connectivity index (χ1) is 13.4. The molecule has 0 atom stereocenters. The number of nitrogens with zero attached hydrogens (tertiary/aromatic N) is 4. The van der Waals surface area contributed by atoms with Gasteiger partial charge in [-0.1, -0.05) is 12.1 Å². The van der Waals surface area contributed by atoms with Gasteiger partial charge in [0.15, 0.2) is 5.65 Å². The van der Waals surface area contributed by atoms with Gasteiger partial charge in [-0.3, -0.25) is 9.36 Å². The zero-order chi connectivity index (χ0) is 20.0. The van der Waals surface area contributed by atoms with Crippen molar-refractivity contribution in [2.75, 3.05) is 6.61 Å². The van der Waals surface area contributed by atoms with E-state index in [1.165, 1.54) is 10.7 Å². The maximum Gasteiger partial charge on any atom is 0.343 e. The van der Waals surface area contributed by atoms with Crippen LogP contribution in [0.2, 0.25) is 0 Å². The minimum absolute atomic E-state index is 0.188. The topological polar surface area (TPSA) is 78.5 Å². The third-order valence-corrected chi connectivity index (χ3v) is 4.79. The molecule has 3 heterocycles. The molecule has 28 heavy (non-hydrogen) atoms. The van der Waals surface area contributed by atoms with E-state index in [0.29, 0.717) is 27.8 Å². The van der Waals surface area contributed by atoms with Gasteiger partial charge in [0.05, 0.1) is 28.9 Å². The third kappa shape index (κ3) is 2.67. The lowest BCUT2D eigenvalue weighted by molar-refractivity contribution is 0.0527. The van der Waals surface area contributed by atoms with E-state index in [1.807, 2.05) is 38.1 Å². The van der Waals surface area contributed by atoms with Gasteiger partial charge in [0.2, 0.25) is 0 Å². The number of fused-ring (bicyclic) bond motifs is 3. The second-order valence-corrected chi connectivity index (χ2v) is 6.75. The Morgan fingerprint density at radius 1 is 1.18 bits per heavy atom. The average molecular weight is 376 g/mol. The summed E-state index contributed by atoms with van der Waals surface area (Å²) in [5, 5.41) is 4.85. The number of aryl methyl sites for hydroxylation is 3. The van der Waals surface area contributed by atoms with Crippen molar-refractivity contribution in [2.45, 2.75) is 27.7 Å². The van der Waals surface area contributed by atoms with E-state index in [2.05, 4.69) is 10.1 Å². The molecule has 0 spiro atoms. The molecule has 4 rings (SSSR count). The summed E-state index contributed by atoms with van der Waals surface area (Å²) < 4.78 is 8.26. The molecule has 0 fully saturated rings. The smallest absolute Gasteiger partial charge is 0.343 e. The fraction of sp³-hybridized carbons (Fsp3) is 0.238. The van der Waals surface area contributed by atoms with Crippen LogP contribution in [0.5, 0.6) is 0 Å². The largest absolute Gasteiger partial charge is 0.462 e. The molecule has 0 N–H and O–H groups in total. The molecule has 0 bridgehead atoms. The predicted molar refractivity (Wildman–Crippen MR) is 106 cm³/mol. The normalized spacial score (nSPS) is 11.3. The van der Waals surface area contributed by atoms with Gasteiger partial charge in [-0.05, 0) is 51.0 Å². The van der Waals surface area contributed by atoms with E-state index in [4.69, 9.17) is 4.74 Å². The Hall–Kier alpha value is -3.48. The molecule has 4 aromatic rings. The zero-order valence-corrected chi connectivity index (χ0v) is 16.2. The number of esters is 1. The summed E-state index contributed by atoms with van der Waals surface area (Å²) in [6.45, 7) is 7.70. The molecule has 0 saturated heterocycles. The number of rotatable bonds is 3. The molecular formula is C21H20N4O3. The molecule has 0 unspecified atom stereocenters. The minimum Gasteiger partial charge on any atom is -0.462 e. The Morgan fingerprint density at radius 3 is 2.71 bits per heavy atom. The van der Waals surface area contributed by atoms with Crippen molar-refractivity contribution in [1.82, 2.24) is 19.2 Å². The fourth-order valence-electron chi connectivity index (χ4n) is 3.39. The lowest BCUT2D eigenvalue weighted by atomic mass is 10.1. The second kappa shape index (κ2) is 6.60. The van der Waals surface area contributed by atoms with Crippen molar-refractivity contribution in [3.63, 3.8) is 0 Å². The first-order valence-corrected chi connectivity index (χ1v) is 9.06. The summed E-state index contributed by atoms with van der Waals surface area (Å²) in [7, 11) is 0. The van der Waals surface area contributed by atoms with Crippen LogP contribution in [-0.4, -0.2) is 31.7 Å². The van der Waals surface area contributed by atoms with Crippen molar-refractivity contribution >= 4 is 22.5 Å². The molecule has 7 heteroatoms. The SMILES string of the molecule is CCOC(=O)c1c(C)nn2c1ncc1c(=O)n(-c3cc(C)ccc3C)ccc12. The number of pyridine rings is 1. The van der Waals surface area contributed by atoms with Crippen LogP contribution in [0.3, 0.4) is 0 Å². The third-order valence-electron chi connectivity index (χ3n) is 4.79. The van der Waals surface area contributed by atoms with Crippen LogP contribution in [0.4, 0.5) is 0 Å². The van der Waals surface area contributed by atoms with Gasteiger partial charge in [-0.25, -0.2) is 14.3 Å². The van der Waals surface area contributed by atoms with Gasteiger partial charge < -0.3 is 4.74 Å². The summed E-state index contributed by atoms with van der Waals surface area (Å²) in [4.78, 5) is 29.8. The lowest BCUT2D eigenvalue weighted by Gasteiger charge is -2.11. The Bertz CT molecular complexity index is 1300. The van der Waals surface area contributed by atoms with Crippen LogP contribution in [-0.2, 0) is 4.74 Å². The Morgan fingerprint density at radius 2 is 1.96 bits per heavy atom. The lowest BCUT2D eigenvalue weighted by Crippen LogP contribution is -2.19. The van der Waals surface area contributed by atoms with Crippen LogP contribution in [0.25, 0.3) is 22.2 Å². The van der Waals surface area contributed by atoms with Gasteiger partial charge in [0.25, 0.3) is 5.56 Å². The molecule has 7 nitrogen and oxygen atoms in total. The van der Waals surface area contributed by atoms with Crippen LogP contribution in [0.15, 0.2) is 41.5 Å². The van der Waals surface area contributed by atoms with Crippen molar-refractivity contribution < 1.29 is 9.53 Å². The van der Waals surface area contributed by atoms with Crippen LogP contribution < -0.4 is 5.56 Å². The van der Waals surface area contributed by atoms with E-state index >= 15 is 0 Å².